The molecule has 0 aliphatic carbocycles. The highest BCUT2D eigenvalue weighted by molar-refractivity contribution is 5.83. The smallest absolute Gasteiger partial charge is 0.326 e. The monoisotopic (exact) mass is 202 g/mol. The van der Waals surface area contributed by atoms with Crippen LogP contribution in [0.5, 0.6) is 0 Å². The molecule has 1 amide bonds. The number of carbonyl (C=O) groups excluding carboxylic acids is 1. The van der Waals surface area contributed by atoms with Crippen molar-refractivity contribution < 1.29 is 14.7 Å². The first kappa shape index (κ1) is 12.9. The summed E-state index contributed by atoms with van der Waals surface area (Å²) >= 11 is 0. The van der Waals surface area contributed by atoms with Gasteiger partial charge in [-0.15, -0.1) is 0 Å². The maximum absolute atomic E-state index is 11.3. The average Bonchev–Trinajstić information content (AvgIpc) is 2.13. The summed E-state index contributed by atoms with van der Waals surface area (Å²) in [6, 6.07) is -0.785. The molecule has 0 heterocycles. The zero-order valence-corrected chi connectivity index (χ0v) is 8.62. The van der Waals surface area contributed by atoms with E-state index in [2.05, 4.69) is 5.32 Å². The number of nitrogens with two attached hydrogens (primary N) is 1. The summed E-state index contributed by atoms with van der Waals surface area (Å²) in [5, 5.41) is 11.1. The zero-order valence-electron chi connectivity index (χ0n) is 8.62. The Hall–Kier alpha value is -1.10. The average molecular weight is 202 g/mol. The number of amides is 1. The fraction of sp³-hybridized carbons (Fsp3) is 0.778. The summed E-state index contributed by atoms with van der Waals surface area (Å²) in [5.41, 5.74) is 5.35. The van der Waals surface area contributed by atoms with Gasteiger partial charge in [-0.1, -0.05) is 13.8 Å². The fourth-order valence-electron chi connectivity index (χ4n) is 0.991. The van der Waals surface area contributed by atoms with Crippen LogP contribution in [0.1, 0.15) is 26.7 Å². The minimum Gasteiger partial charge on any atom is -0.480 e. The van der Waals surface area contributed by atoms with Gasteiger partial charge in [0, 0.05) is 6.42 Å². The normalized spacial score (nSPS) is 14.5. The second-order valence-corrected chi connectivity index (χ2v) is 3.41. The molecule has 1 unspecified atom stereocenters. The van der Waals surface area contributed by atoms with E-state index < -0.39 is 12.0 Å². The molecule has 0 aliphatic rings. The summed E-state index contributed by atoms with van der Waals surface area (Å²) in [7, 11) is 0. The molecule has 0 aromatic rings. The van der Waals surface area contributed by atoms with E-state index in [1.54, 1.807) is 6.92 Å². The van der Waals surface area contributed by atoms with Crippen LogP contribution >= 0.6 is 0 Å². The first-order chi connectivity index (χ1) is 6.51. The third-order valence-corrected chi connectivity index (χ3v) is 1.98. The van der Waals surface area contributed by atoms with Crippen molar-refractivity contribution in [2.45, 2.75) is 32.7 Å². The first-order valence-corrected chi connectivity index (χ1v) is 4.73. The summed E-state index contributed by atoms with van der Waals surface area (Å²) in [4.78, 5) is 21.8. The van der Waals surface area contributed by atoms with Crippen LogP contribution in [-0.4, -0.2) is 29.6 Å². The summed E-state index contributed by atoms with van der Waals surface area (Å²) in [6.07, 6.45) is 0.665. The van der Waals surface area contributed by atoms with Crippen molar-refractivity contribution >= 4 is 11.9 Å². The van der Waals surface area contributed by atoms with Crippen molar-refractivity contribution in [1.82, 2.24) is 5.32 Å². The lowest BCUT2D eigenvalue weighted by atomic mass is 10.1. The van der Waals surface area contributed by atoms with Crippen LogP contribution in [0.15, 0.2) is 0 Å². The highest BCUT2D eigenvalue weighted by Gasteiger charge is 2.18. The quantitative estimate of drug-likeness (QED) is 0.563. The van der Waals surface area contributed by atoms with Gasteiger partial charge in [0.2, 0.25) is 5.91 Å². The molecule has 14 heavy (non-hydrogen) atoms. The van der Waals surface area contributed by atoms with Crippen LogP contribution in [0, 0.1) is 5.92 Å². The van der Waals surface area contributed by atoms with Crippen molar-refractivity contribution in [2.75, 3.05) is 6.54 Å². The first-order valence-electron chi connectivity index (χ1n) is 4.73. The summed E-state index contributed by atoms with van der Waals surface area (Å²) in [6.45, 7) is 3.99. The fourth-order valence-corrected chi connectivity index (χ4v) is 0.991. The number of carboxylic acid groups (broad SMARTS) is 1. The van der Waals surface area contributed by atoms with E-state index in [0.29, 0.717) is 13.0 Å². The number of carboxylic acids is 1. The van der Waals surface area contributed by atoms with Gasteiger partial charge < -0.3 is 16.2 Å². The molecular formula is C9H18N2O3. The molecule has 0 aromatic carbocycles. The van der Waals surface area contributed by atoms with Crippen LogP contribution < -0.4 is 11.1 Å². The molecule has 0 aliphatic heterocycles. The van der Waals surface area contributed by atoms with E-state index in [1.807, 2.05) is 6.92 Å². The molecule has 0 saturated heterocycles. The van der Waals surface area contributed by atoms with Gasteiger partial charge in [-0.05, 0) is 18.9 Å². The molecule has 5 nitrogen and oxygen atoms in total. The highest BCUT2D eigenvalue weighted by Crippen LogP contribution is 2.00. The molecule has 0 radical (unpaired) electrons. The Labute approximate surface area is 83.7 Å². The van der Waals surface area contributed by atoms with Crippen LogP contribution in [0.3, 0.4) is 0 Å². The number of hydrogen-bond donors (Lipinski definition) is 3. The van der Waals surface area contributed by atoms with Gasteiger partial charge >= 0.3 is 5.97 Å². The van der Waals surface area contributed by atoms with E-state index in [4.69, 9.17) is 10.8 Å². The van der Waals surface area contributed by atoms with E-state index in [9.17, 15) is 9.59 Å². The van der Waals surface area contributed by atoms with E-state index in [1.165, 1.54) is 0 Å². The number of nitrogens with one attached hydrogen (secondary N) is 1. The van der Waals surface area contributed by atoms with Gasteiger partial charge in [-0.3, -0.25) is 4.79 Å². The van der Waals surface area contributed by atoms with Crippen LogP contribution in [0.25, 0.3) is 0 Å². The van der Waals surface area contributed by atoms with Gasteiger partial charge in [0.25, 0.3) is 0 Å². The topological polar surface area (TPSA) is 92.4 Å². The Kier molecular flexibility index (Phi) is 5.87. The Morgan fingerprint density at radius 1 is 1.50 bits per heavy atom. The Bertz CT molecular complexity index is 206. The molecule has 5 heteroatoms. The van der Waals surface area contributed by atoms with Gasteiger partial charge in [0.1, 0.15) is 6.04 Å². The van der Waals surface area contributed by atoms with Gasteiger partial charge in [-0.2, -0.15) is 0 Å². The molecule has 4 N–H and O–H groups in total. The van der Waals surface area contributed by atoms with Gasteiger partial charge in [-0.25, -0.2) is 4.79 Å². The van der Waals surface area contributed by atoms with Crippen molar-refractivity contribution in [1.29, 1.82) is 0 Å². The molecule has 82 valence electrons. The van der Waals surface area contributed by atoms with Crippen LogP contribution in [0.4, 0.5) is 0 Å². The second-order valence-electron chi connectivity index (χ2n) is 3.41. The van der Waals surface area contributed by atoms with Crippen molar-refractivity contribution in [3.05, 3.63) is 0 Å². The molecule has 2 atom stereocenters. The minimum atomic E-state index is -0.999. The van der Waals surface area contributed by atoms with Crippen LogP contribution in [0.2, 0.25) is 0 Å². The van der Waals surface area contributed by atoms with E-state index in [-0.39, 0.29) is 18.2 Å². The molecule has 0 spiro atoms. The summed E-state index contributed by atoms with van der Waals surface area (Å²) in [5.74, 6) is -1.17. The van der Waals surface area contributed by atoms with Gasteiger partial charge in [0.05, 0.1) is 0 Å². The Morgan fingerprint density at radius 3 is 2.43 bits per heavy atom. The molecular weight excluding hydrogens is 184 g/mol. The second kappa shape index (κ2) is 6.37. The Balaban J connectivity index is 3.97. The molecule has 0 rings (SSSR count). The SMILES string of the molecule is CC[C@@H](NC(=O)CC(C)CN)C(=O)O. The van der Waals surface area contributed by atoms with Crippen molar-refractivity contribution in [3.8, 4) is 0 Å². The third-order valence-electron chi connectivity index (χ3n) is 1.98. The highest BCUT2D eigenvalue weighted by atomic mass is 16.4. The zero-order chi connectivity index (χ0) is 11.1. The molecule has 0 saturated carbocycles. The predicted octanol–water partition coefficient (Wildman–Crippen LogP) is -0.0493. The lowest BCUT2D eigenvalue weighted by molar-refractivity contribution is -0.142. The largest absolute Gasteiger partial charge is 0.480 e. The standard InChI is InChI=1S/C9H18N2O3/c1-3-7(9(13)14)11-8(12)4-6(2)5-10/h6-7H,3-5,10H2,1-2H3,(H,11,12)(H,13,14)/t6?,7-/m1/s1. The molecule has 0 bridgehead atoms. The molecule has 0 aromatic heterocycles. The Morgan fingerprint density at radius 2 is 2.07 bits per heavy atom. The summed E-state index contributed by atoms with van der Waals surface area (Å²) < 4.78 is 0. The van der Waals surface area contributed by atoms with Crippen molar-refractivity contribution in [3.63, 3.8) is 0 Å². The predicted molar refractivity (Wildman–Crippen MR) is 52.7 cm³/mol. The van der Waals surface area contributed by atoms with Gasteiger partial charge in [0.15, 0.2) is 0 Å². The minimum absolute atomic E-state index is 0.0845. The number of hydrogen-bond acceptors (Lipinski definition) is 3. The van der Waals surface area contributed by atoms with E-state index in [0.717, 1.165) is 0 Å². The van der Waals surface area contributed by atoms with Crippen molar-refractivity contribution in [2.24, 2.45) is 11.7 Å². The van der Waals surface area contributed by atoms with Crippen LogP contribution in [-0.2, 0) is 9.59 Å². The third kappa shape index (κ3) is 4.81. The lowest BCUT2D eigenvalue weighted by Gasteiger charge is -2.13. The van der Waals surface area contributed by atoms with E-state index >= 15 is 0 Å². The lowest BCUT2D eigenvalue weighted by Crippen LogP contribution is -2.41. The molecule has 0 fully saturated rings. The number of aliphatic carboxylic acids is 1. The number of carbonyl (C=O) groups is 2. The number of rotatable bonds is 6. The maximum atomic E-state index is 11.3. The maximum Gasteiger partial charge on any atom is 0.326 e.